The molecule has 1 aromatic rings. The van der Waals surface area contributed by atoms with Gasteiger partial charge in [-0.05, 0) is 28.4 Å². The highest BCUT2D eigenvalue weighted by Gasteiger charge is 2.20. The van der Waals surface area contributed by atoms with Crippen molar-refractivity contribution in [2.24, 2.45) is 5.73 Å². The Labute approximate surface area is 110 Å². The van der Waals surface area contributed by atoms with Gasteiger partial charge in [-0.3, -0.25) is 0 Å². The molecule has 0 heterocycles. The van der Waals surface area contributed by atoms with E-state index in [2.05, 4.69) is 15.9 Å². The fourth-order valence-corrected chi connectivity index (χ4v) is 1.84. The van der Waals surface area contributed by atoms with Gasteiger partial charge >= 0.3 is 0 Å². The van der Waals surface area contributed by atoms with Crippen LogP contribution < -0.4 is 5.73 Å². The first-order valence-corrected chi connectivity index (χ1v) is 5.74. The SMILES string of the molecule is CCC[C@H](O)[C@H](N)c1cccc(Br)c1F.Cl. The van der Waals surface area contributed by atoms with Crippen LogP contribution in [-0.4, -0.2) is 11.2 Å². The van der Waals surface area contributed by atoms with Crippen LogP contribution in [0.4, 0.5) is 4.39 Å². The predicted molar refractivity (Wildman–Crippen MR) is 69.2 cm³/mol. The molecule has 92 valence electrons. The average Bonchev–Trinajstić information content (AvgIpc) is 2.21. The fraction of sp³-hybridized carbons (Fsp3) is 0.455. The molecule has 0 aromatic heterocycles. The lowest BCUT2D eigenvalue weighted by Crippen LogP contribution is -2.26. The highest BCUT2D eigenvalue weighted by molar-refractivity contribution is 9.10. The quantitative estimate of drug-likeness (QED) is 0.897. The first-order chi connectivity index (χ1) is 7.07. The molecule has 3 N–H and O–H groups in total. The molecular formula is C11H16BrClFNO. The van der Waals surface area contributed by atoms with E-state index in [0.29, 0.717) is 16.5 Å². The van der Waals surface area contributed by atoms with Crippen LogP contribution in [0.15, 0.2) is 22.7 Å². The highest BCUT2D eigenvalue weighted by Crippen LogP contribution is 2.25. The van der Waals surface area contributed by atoms with E-state index in [4.69, 9.17) is 5.73 Å². The standard InChI is InChI=1S/C11H15BrFNO.ClH/c1-2-4-9(15)11(14)7-5-3-6-8(12)10(7)13;/h3,5-6,9,11,15H,2,4,14H2,1H3;1H/t9-,11+;/m0./s1. The molecule has 0 fully saturated rings. The maximum absolute atomic E-state index is 13.6. The van der Waals surface area contributed by atoms with Crippen LogP contribution in [0.25, 0.3) is 0 Å². The minimum Gasteiger partial charge on any atom is -0.391 e. The zero-order valence-electron chi connectivity index (χ0n) is 8.99. The van der Waals surface area contributed by atoms with E-state index in [1.165, 1.54) is 0 Å². The Morgan fingerprint density at radius 3 is 2.69 bits per heavy atom. The van der Waals surface area contributed by atoms with Crippen molar-refractivity contribution in [3.05, 3.63) is 34.1 Å². The van der Waals surface area contributed by atoms with Crippen molar-refractivity contribution in [2.45, 2.75) is 31.9 Å². The van der Waals surface area contributed by atoms with Crippen molar-refractivity contribution < 1.29 is 9.50 Å². The molecule has 0 bridgehead atoms. The number of halogens is 3. The van der Waals surface area contributed by atoms with Crippen molar-refractivity contribution in [2.75, 3.05) is 0 Å². The number of aliphatic hydroxyl groups is 1. The van der Waals surface area contributed by atoms with Crippen molar-refractivity contribution in [3.8, 4) is 0 Å². The Morgan fingerprint density at radius 2 is 2.12 bits per heavy atom. The molecule has 5 heteroatoms. The van der Waals surface area contributed by atoms with Gasteiger partial charge in [-0.2, -0.15) is 0 Å². The smallest absolute Gasteiger partial charge is 0.142 e. The van der Waals surface area contributed by atoms with E-state index in [0.717, 1.165) is 6.42 Å². The molecule has 0 saturated heterocycles. The van der Waals surface area contributed by atoms with Gasteiger partial charge in [0.2, 0.25) is 0 Å². The van der Waals surface area contributed by atoms with Crippen LogP contribution >= 0.6 is 28.3 Å². The van der Waals surface area contributed by atoms with Gasteiger partial charge in [-0.25, -0.2) is 4.39 Å². The van der Waals surface area contributed by atoms with E-state index in [1.54, 1.807) is 18.2 Å². The Balaban J connectivity index is 0.00000225. The van der Waals surface area contributed by atoms with Gasteiger partial charge in [0, 0.05) is 5.56 Å². The van der Waals surface area contributed by atoms with Crippen molar-refractivity contribution in [1.82, 2.24) is 0 Å². The van der Waals surface area contributed by atoms with E-state index >= 15 is 0 Å². The Hall–Kier alpha value is -0.160. The summed E-state index contributed by atoms with van der Waals surface area (Å²) >= 11 is 3.09. The van der Waals surface area contributed by atoms with E-state index in [-0.39, 0.29) is 18.2 Å². The zero-order chi connectivity index (χ0) is 11.4. The summed E-state index contributed by atoms with van der Waals surface area (Å²) in [5.41, 5.74) is 6.14. The van der Waals surface area contributed by atoms with Gasteiger partial charge in [0.25, 0.3) is 0 Å². The van der Waals surface area contributed by atoms with E-state index < -0.39 is 12.1 Å². The number of benzene rings is 1. The second kappa shape index (κ2) is 7.22. The van der Waals surface area contributed by atoms with Gasteiger partial charge in [-0.1, -0.05) is 25.5 Å². The Kier molecular flexibility index (Phi) is 7.15. The van der Waals surface area contributed by atoms with Crippen molar-refractivity contribution in [1.29, 1.82) is 0 Å². The lowest BCUT2D eigenvalue weighted by molar-refractivity contribution is 0.133. The summed E-state index contributed by atoms with van der Waals surface area (Å²) in [6, 6.07) is 4.25. The number of aliphatic hydroxyl groups excluding tert-OH is 1. The van der Waals surface area contributed by atoms with Crippen LogP contribution in [0.3, 0.4) is 0 Å². The summed E-state index contributed by atoms with van der Waals surface area (Å²) in [6.07, 6.45) is 0.705. The molecule has 0 radical (unpaired) electrons. The molecule has 0 aliphatic heterocycles. The molecule has 1 rings (SSSR count). The summed E-state index contributed by atoms with van der Waals surface area (Å²) < 4.78 is 14.0. The molecule has 2 nitrogen and oxygen atoms in total. The summed E-state index contributed by atoms with van der Waals surface area (Å²) in [4.78, 5) is 0. The molecule has 1 aromatic carbocycles. The minimum atomic E-state index is -0.696. The highest BCUT2D eigenvalue weighted by atomic mass is 79.9. The first kappa shape index (κ1) is 15.8. The fourth-order valence-electron chi connectivity index (χ4n) is 1.46. The molecule has 0 aliphatic carbocycles. The molecule has 2 atom stereocenters. The molecule has 0 spiro atoms. The largest absolute Gasteiger partial charge is 0.391 e. The molecular weight excluding hydrogens is 296 g/mol. The third-order valence-electron chi connectivity index (χ3n) is 2.34. The van der Waals surface area contributed by atoms with Gasteiger partial charge < -0.3 is 10.8 Å². The summed E-state index contributed by atoms with van der Waals surface area (Å²) in [5.74, 6) is -0.389. The zero-order valence-corrected chi connectivity index (χ0v) is 11.4. The monoisotopic (exact) mass is 311 g/mol. The summed E-state index contributed by atoms with van der Waals surface area (Å²) in [7, 11) is 0. The first-order valence-electron chi connectivity index (χ1n) is 4.95. The van der Waals surface area contributed by atoms with Crippen LogP contribution in [0.2, 0.25) is 0 Å². The maximum Gasteiger partial charge on any atom is 0.142 e. The number of hydrogen-bond donors (Lipinski definition) is 2. The van der Waals surface area contributed by atoms with Gasteiger partial charge in [-0.15, -0.1) is 12.4 Å². The van der Waals surface area contributed by atoms with Crippen LogP contribution in [0, 0.1) is 5.82 Å². The lowest BCUT2D eigenvalue weighted by Gasteiger charge is -2.19. The number of hydrogen-bond acceptors (Lipinski definition) is 2. The van der Waals surface area contributed by atoms with Crippen LogP contribution in [0.5, 0.6) is 0 Å². The van der Waals surface area contributed by atoms with Gasteiger partial charge in [0.1, 0.15) is 5.82 Å². The van der Waals surface area contributed by atoms with Crippen molar-refractivity contribution >= 4 is 28.3 Å². The lowest BCUT2D eigenvalue weighted by atomic mass is 9.99. The maximum atomic E-state index is 13.6. The van der Waals surface area contributed by atoms with Crippen molar-refractivity contribution in [3.63, 3.8) is 0 Å². The van der Waals surface area contributed by atoms with Crippen LogP contribution in [-0.2, 0) is 0 Å². The van der Waals surface area contributed by atoms with E-state index in [1.807, 2.05) is 6.92 Å². The van der Waals surface area contributed by atoms with Crippen LogP contribution in [0.1, 0.15) is 31.4 Å². The third kappa shape index (κ3) is 3.70. The molecule has 0 saturated carbocycles. The summed E-state index contributed by atoms with van der Waals surface area (Å²) in [5, 5.41) is 9.68. The topological polar surface area (TPSA) is 46.2 Å². The number of rotatable bonds is 4. The van der Waals surface area contributed by atoms with Gasteiger partial charge in [0.05, 0.1) is 16.6 Å². The second-order valence-electron chi connectivity index (χ2n) is 3.52. The van der Waals surface area contributed by atoms with E-state index in [9.17, 15) is 9.50 Å². The molecule has 0 unspecified atom stereocenters. The minimum absolute atomic E-state index is 0. The molecule has 0 aliphatic rings. The second-order valence-corrected chi connectivity index (χ2v) is 4.38. The Bertz CT molecular complexity index is 338. The number of nitrogens with two attached hydrogens (primary N) is 1. The average molecular weight is 313 g/mol. The Morgan fingerprint density at radius 1 is 1.50 bits per heavy atom. The predicted octanol–water partition coefficient (Wildman–Crippen LogP) is 3.17. The normalized spacial score (nSPS) is 14.1. The van der Waals surface area contributed by atoms with Gasteiger partial charge in [0.15, 0.2) is 0 Å². The summed E-state index contributed by atoms with van der Waals surface area (Å²) in [6.45, 7) is 1.95. The third-order valence-corrected chi connectivity index (χ3v) is 2.95. The molecule has 16 heavy (non-hydrogen) atoms. The molecule has 0 amide bonds.